The van der Waals surface area contributed by atoms with Crippen LogP contribution in [0.4, 0.5) is 0 Å². The van der Waals surface area contributed by atoms with E-state index in [1.54, 1.807) is 0 Å². The molecule has 0 amide bonds. The van der Waals surface area contributed by atoms with E-state index in [0.717, 1.165) is 5.56 Å². The molecule has 2 atom stereocenters. The fourth-order valence-electron chi connectivity index (χ4n) is 2.25. The highest BCUT2D eigenvalue weighted by Crippen LogP contribution is 2.29. The number of esters is 1. The van der Waals surface area contributed by atoms with Gasteiger partial charge in [-0.3, -0.25) is 9.59 Å². The molecule has 2 rings (SSSR count). The van der Waals surface area contributed by atoms with Crippen molar-refractivity contribution in [2.45, 2.75) is 25.4 Å². The molecule has 0 N–H and O–H groups in total. The first-order valence-corrected chi connectivity index (χ1v) is 6.46. The molecule has 0 unspecified atom stereocenters. The van der Waals surface area contributed by atoms with E-state index in [2.05, 4.69) is 4.74 Å². The van der Waals surface area contributed by atoms with Crippen molar-refractivity contribution in [3.8, 4) is 0 Å². The number of benzene rings is 1. The Morgan fingerprint density at radius 1 is 1.37 bits per heavy atom. The van der Waals surface area contributed by atoms with E-state index >= 15 is 0 Å². The maximum Gasteiger partial charge on any atom is 0.305 e. The number of hydrogen-bond donors (Lipinski definition) is 0. The second kappa shape index (κ2) is 6.48. The molecule has 1 aromatic carbocycles. The molecule has 1 heterocycles. The SMILES string of the molecule is COC(=O)CC[C@@H]1CO[C@H](c2ccccc2)CC1=O. The number of rotatable bonds is 4. The Morgan fingerprint density at radius 3 is 2.74 bits per heavy atom. The third-order valence-corrected chi connectivity index (χ3v) is 3.44. The van der Waals surface area contributed by atoms with Gasteiger partial charge in [0.2, 0.25) is 0 Å². The van der Waals surface area contributed by atoms with E-state index in [1.165, 1.54) is 7.11 Å². The Labute approximate surface area is 112 Å². The standard InChI is InChI=1S/C15H18O4/c1-18-15(17)8-7-12-10-19-14(9-13(12)16)11-5-3-2-4-6-11/h2-6,12,14H,7-10H2,1H3/t12-,14+/m1/s1. The van der Waals surface area contributed by atoms with Gasteiger partial charge in [-0.05, 0) is 12.0 Å². The molecule has 0 radical (unpaired) electrons. The summed E-state index contributed by atoms with van der Waals surface area (Å²) in [7, 11) is 1.35. The van der Waals surface area contributed by atoms with Crippen molar-refractivity contribution in [1.29, 1.82) is 0 Å². The molecule has 19 heavy (non-hydrogen) atoms. The van der Waals surface area contributed by atoms with Crippen molar-refractivity contribution >= 4 is 11.8 Å². The fourth-order valence-corrected chi connectivity index (χ4v) is 2.25. The number of ketones is 1. The molecule has 1 saturated heterocycles. The first-order chi connectivity index (χ1) is 9.20. The van der Waals surface area contributed by atoms with Crippen LogP contribution in [0.15, 0.2) is 30.3 Å². The predicted octanol–water partition coefficient (Wildman–Crippen LogP) is 2.29. The monoisotopic (exact) mass is 262 g/mol. The Hall–Kier alpha value is -1.68. The van der Waals surface area contributed by atoms with Gasteiger partial charge in [-0.2, -0.15) is 0 Å². The minimum Gasteiger partial charge on any atom is -0.469 e. The van der Waals surface area contributed by atoms with Gasteiger partial charge >= 0.3 is 5.97 Å². The fraction of sp³-hybridized carbons (Fsp3) is 0.467. The Bertz CT molecular complexity index is 441. The summed E-state index contributed by atoms with van der Waals surface area (Å²) in [4.78, 5) is 23.1. The highest BCUT2D eigenvalue weighted by molar-refractivity contribution is 5.83. The second-order valence-corrected chi connectivity index (χ2v) is 4.71. The topological polar surface area (TPSA) is 52.6 Å². The van der Waals surface area contributed by atoms with Crippen molar-refractivity contribution in [3.63, 3.8) is 0 Å². The van der Waals surface area contributed by atoms with Gasteiger partial charge in [0.15, 0.2) is 0 Å². The van der Waals surface area contributed by atoms with E-state index in [9.17, 15) is 9.59 Å². The lowest BCUT2D eigenvalue weighted by Crippen LogP contribution is -2.30. The van der Waals surface area contributed by atoms with E-state index < -0.39 is 0 Å². The van der Waals surface area contributed by atoms with Crippen molar-refractivity contribution in [2.75, 3.05) is 13.7 Å². The maximum atomic E-state index is 12.0. The zero-order valence-corrected chi connectivity index (χ0v) is 11.0. The van der Waals surface area contributed by atoms with Crippen LogP contribution in [0.5, 0.6) is 0 Å². The maximum absolute atomic E-state index is 12.0. The summed E-state index contributed by atoms with van der Waals surface area (Å²) in [5, 5.41) is 0. The van der Waals surface area contributed by atoms with E-state index in [4.69, 9.17) is 4.74 Å². The normalized spacial score (nSPS) is 23.1. The molecule has 4 heteroatoms. The number of ether oxygens (including phenoxy) is 2. The number of methoxy groups -OCH3 is 1. The minimum atomic E-state index is -0.280. The summed E-state index contributed by atoms with van der Waals surface area (Å²) in [5.41, 5.74) is 1.03. The van der Waals surface area contributed by atoms with Gasteiger partial charge in [0.1, 0.15) is 5.78 Å². The van der Waals surface area contributed by atoms with Crippen LogP contribution in [0.2, 0.25) is 0 Å². The van der Waals surface area contributed by atoms with Crippen molar-refractivity contribution in [3.05, 3.63) is 35.9 Å². The lowest BCUT2D eigenvalue weighted by atomic mass is 9.90. The van der Waals surface area contributed by atoms with Gasteiger partial charge in [0.05, 0.1) is 19.8 Å². The minimum absolute atomic E-state index is 0.150. The molecular formula is C15H18O4. The van der Waals surface area contributed by atoms with Crippen LogP contribution in [0.25, 0.3) is 0 Å². The molecular weight excluding hydrogens is 244 g/mol. The summed E-state index contributed by atoms with van der Waals surface area (Å²) in [6.45, 7) is 0.384. The first-order valence-electron chi connectivity index (χ1n) is 6.46. The zero-order valence-electron chi connectivity index (χ0n) is 11.0. The average Bonchev–Trinajstić information content (AvgIpc) is 2.46. The highest BCUT2D eigenvalue weighted by atomic mass is 16.5. The van der Waals surface area contributed by atoms with Crippen LogP contribution in [-0.4, -0.2) is 25.5 Å². The molecule has 0 aliphatic carbocycles. The number of hydrogen-bond acceptors (Lipinski definition) is 4. The zero-order chi connectivity index (χ0) is 13.7. The highest BCUT2D eigenvalue weighted by Gasteiger charge is 2.30. The largest absolute Gasteiger partial charge is 0.469 e. The lowest BCUT2D eigenvalue weighted by molar-refractivity contribution is -0.142. The second-order valence-electron chi connectivity index (χ2n) is 4.71. The number of carbonyl (C=O) groups excluding carboxylic acids is 2. The van der Waals surface area contributed by atoms with Crippen molar-refractivity contribution < 1.29 is 19.1 Å². The van der Waals surface area contributed by atoms with Crippen LogP contribution in [-0.2, 0) is 19.1 Å². The predicted molar refractivity (Wildman–Crippen MR) is 69.5 cm³/mol. The van der Waals surface area contributed by atoms with Gasteiger partial charge in [0, 0.05) is 18.8 Å². The van der Waals surface area contributed by atoms with Crippen LogP contribution in [0, 0.1) is 5.92 Å². The molecule has 0 aromatic heterocycles. The van der Waals surface area contributed by atoms with E-state index in [0.29, 0.717) is 19.4 Å². The quantitative estimate of drug-likeness (QED) is 0.781. The lowest BCUT2D eigenvalue weighted by Gasteiger charge is -2.28. The molecule has 1 aliphatic heterocycles. The Kier molecular flexibility index (Phi) is 4.68. The molecule has 0 bridgehead atoms. The summed E-state index contributed by atoms with van der Waals surface area (Å²) in [5.74, 6) is -0.291. The van der Waals surface area contributed by atoms with Gasteiger partial charge in [-0.15, -0.1) is 0 Å². The molecule has 0 saturated carbocycles. The van der Waals surface area contributed by atoms with Gasteiger partial charge in [0.25, 0.3) is 0 Å². The van der Waals surface area contributed by atoms with E-state index in [1.807, 2.05) is 30.3 Å². The number of Topliss-reactive ketones (excluding diaryl/α,β-unsaturated/α-hetero) is 1. The molecule has 1 aliphatic rings. The molecule has 4 nitrogen and oxygen atoms in total. The van der Waals surface area contributed by atoms with Crippen LogP contribution in [0.1, 0.15) is 30.9 Å². The van der Waals surface area contributed by atoms with Gasteiger partial charge < -0.3 is 9.47 Å². The third kappa shape index (κ3) is 3.64. The average molecular weight is 262 g/mol. The Balaban J connectivity index is 1.88. The smallest absolute Gasteiger partial charge is 0.305 e. The summed E-state index contributed by atoms with van der Waals surface area (Å²) >= 11 is 0. The van der Waals surface area contributed by atoms with E-state index in [-0.39, 0.29) is 30.2 Å². The third-order valence-electron chi connectivity index (χ3n) is 3.44. The summed E-state index contributed by atoms with van der Waals surface area (Å²) in [6, 6.07) is 9.74. The number of carbonyl (C=O) groups is 2. The van der Waals surface area contributed by atoms with Crippen molar-refractivity contribution in [2.24, 2.45) is 5.92 Å². The van der Waals surface area contributed by atoms with Gasteiger partial charge in [-0.1, -0.05) is 30.3 Å². The van der Waals surface area contributed by atoms with Crippen LogP contribution < -0.4 is 0 Å². The first kappa shape index (κ1) is 13.7. The molecule has 0 spiro atoms. The van der Waals surface area contributed by atoms with Gasteiger partial charge in [-0.25, -0.2) is 0 Å². The van der Waals surface area contributed by atoms with Crippen molar-refractivity contribution in [1.82, 2.24) is 0 Å². The molecule has 1 aromatic rings. The summed E-state index contributed by atoms with van der Waals surface area (Å²) < 4.78 is 10.3. The van der Waals surface area contributed by atoms with Crippen LogP contribution in [0.3, 0.4) is 0 Å². The van der Waals surface area contributed by atoms with Crippen LogP contribution >= 0.6 is 0 Å². The summed E-state index contributed by atoms with van der Waals surface area (Å²) in [6.07, 6.45) is 1.01. The molecule has 1 fully saturated rings. The molecule has 102 valence electrons. The Morgan fingerprint density at radius 2 is 2.11 bits per heavy atom.